The molecule has 0 aliphatic carbocycles. The molecule has 0 atom stereocenters. The van der Waals surface area contributed by atoms with Crippen molar-refractivity contribution >= 4 is 23.4 Å². The van der Waals surface area contributed by atoms with Crippen LogP contribution >= 0.6 is 11.3 Å². The second-order valence-corrected chi connectivity index (χ2v) is 3.03. The summed E-state index contributed by atoms with van der Waals surface area (Å²) in [6.45, 7) is 0. The largest absolute Gasteiger partial charge is 0.466 e. The number of azide groups is 1. The van der Waals surface area contributed by atoms with Crippen LogP contribution in [0, 0.1) is 0 Å². The van der Waals surface area contributed by atoms with Gasteiger partial charge in [-0.1, -0.05) is 5.11 Å². The van der Waals surface area contributed by atoms with Gasteiger partial charge in [-0.3, -0.25) is 4.98 Å². The Morgan fingerprint density at radius 2 is 2.64 bits per heavy atom. The third-order valence-corrected chi connectivity index (χ3v) is 2.00. The minimum absolute atomic E-state index is 0.0840. The highest BCUT2D eigenvalue weighted by molar-refractivity contribution is 7.10. The van der Waals surface area contributed by atoms with Crippen molar-refractivity contribution in [3.05, 3.63) is 32.7 Å². The highest BCUT2D eigenvalue weighted by atomic mass is 32.1. The van der Waals surface area contributed by atoms with Crippen molar-refractivity contribution in [2.24, 2.45) is 5.11 Å². The summed E-state index contributed by atoms with van der Waals surface area (Å²) in [5.74, 6) is -0.670. The van der Waals surface area contributed by atoms with Crippen molar-refractivity contribution in [3.63, 3.8) is 0 Å². The molecule has 0 amide bonds. The molecule has 6 nitrogen and oxygen atoms in total. The third-order valence-electron chi connectivity index (χ3n) is 1.28. The number of nitrogens with zero attached hydrogens (tertiary/aromatic N) is 4. The van der Waals surface area contributed by atoms with E-state index in [0.29, 0.717) is 0 Å². The Morgan fingerprint density at radius 3 is 3.14 bits per heavy atom. The van der Waals surface area contributed by atoms with Gasteiger partial charge in [0.1, 0.15) is 5.70 Å². The molecule has 0 aliphatic heterocycles. The van der Waals surface area contributed by atoms with Crippen LogP contribution in [0.15, 0.2) is 22.5 Å². The zero-order chi connectivity index (χ0) is 10.4. The van der Waals surface area contributed by atoms with Gasteiger partial charge >= 0.3 is 5.97 Å². The van der Waals surface area contributed by atoms with Crippen LogP contribution < -0.4 is 0 Å². The summed E-state index contributed by atoms with van der Waals surface area (Å²) in [7, 11) is 1.22. The number of aromatic nitrogens is 1. The molecule has 0 unspecified atom stereocenters. The maximum atomic E-state index is 11.1. The Morgan fingerprint density at radius 1 is 1.86 bits per heavy atom. The lowest BCUT2D eigenvalue weighted by Gasteiger charge is -1.95. The van der Waals surface area contributed by atoms with Gasteiger partial charge in [-0.15, -0.1) is 11.3 Å². The van der Waals surface area contributed by atoms with Crippen LogP contribution in [0.25, 0.3) is 16.5 Å². The van der Waals surface area contributed by atoms with Crippen molar-refractivity contribution in [1.29, 1.82) is 0 Å². The molecule has 14 heavy (non-hydrogen) atoms. The van der Waals surface area contributed by atoms with Crippen LogP contribution in [0.4, 0.5) is 0 Å². The first-order valence-electron chi connectivity index (χ1n) is 3.51. The minimum atomic E-state index is -0.670. The number of carbonyl (C=O) groups is 1. The highest BCUT2D eigenvalue weighted by Crippen LogP contribution is 2.13. The number of rotatable bonds is 3. The summed E-state index contributed by atoms with van der Waals surface area (Å²) in [4.78, 5) is 18.1. The van der Waals surface area contributed by atoms with Crippen molar-refractivity contribution in [1.82, 2.24) is 4.98 Å². The number of hydrogen-bond donors (Lipinski definition) is 0. The van der Waals surface area contributed by atoms with Gasteiger partial charge in [0.15, 0.2) is 0 Å². The topological polar surface area (TPSA) is 88.0 Å². The molecule has 0 N–H and O–H groups in total. The van der Waals surface area contributed by atoms with Gasteiger partial charge in [0.25, 0.3) is 0 Å². The summed E-state index contributed by atoms with van der Waals surface area (Å²) in [6, 6.07) is 0. The van der Waals surface area contributed by atoms with Crippen LogP contribution in [-0.4, -0.2) is 18.1 Å². The SMILES string of the molecule is COC(=O)C(=Cc1cncs1)N=[N+]=[N-]. The average Bonchev–Trinajstić information content (AvgIpc) is 2.68. The molecule has 1 heterocycles. The summed E-state index contributed by atoms with van der Waals surface area (Å²) in [6.07, 6.45) is 2.98. The van der Waals surface area contributed by atoms with Crippen molar-refractivity contribution < 1.29 is 9.53 Å². The van der Waals surface area contributed by atoms with E-state index in [1.807, 2.05) is 0 Å². The van der Waals surface area contributed by atoms with Crippen LogP contribution in [-0.2, 0) is 9.53 Å². The fourth-order valence-corrected chi connectivity index (χ4v) is 1.26. The van der Waals surface area contributed by atoms with Gasteiger partial charge in [-0.25, -0.2) is 4.79 Å². The predicted octanol–water partition coefficient (Wildman–Crippen LogP) is 1.97. The first-order chi connectivity index (χ1) is 6.77. The van der Waals surface area contributed by atoms with Crippen LogP contribution in [0.3, 0.4) is 0 Å². The van der Waals surface area contributed by atoms with Crippen molar-refractivity contribution in [2.45, 2.75) is 0 Å². The van der Waals surface area contributed by atoms with Gasteiger partial charge in [-0.2, -0.15) is 0 Å². The second kappa shape index (κ2) is 5.00. The van der Waals surface area contributed by atoms with E-state index in [9.17, 15) is 4.79 Å². The Labute approximate surface area is 83.5 Å². The Bertz CT molecular complexity index is 392. The molecule has 0 saturated heterocycles. The molecule has 1 aromatic rings. The molecule has 0 bridgehead atoms. The summed E-state index contributed by atoms with van der Waals surface area (Å²) >= 11 is 1.33. The van der Waals surface area contributed by atoms with E-state index in [2.05, 4.69) is 19.7 Å². The zero-order valence-electron chi connectivity index (χ0n) is 7.25. The first kappa shape index (κ1) is 10.2. The molecular weight excluding hydrogens is 204 g/mol. The van der Waals surface area contributed by atoms with E-state index < -0.39 is 5.97 Å². The van der Waals surface area contributed by atoms with Crippen molar-refractivity contribution in [2.75, 3.05) is 7.11 Å². The number of ether oxygens (including phenoxy) is 1. The molecule has 1 aromatic heterocycles. The number of thiazole rings is 1. The van der Waals surface area contributed by atoms with Gasteiger partial charge in [-0.05, 0) is 11.6 Å². The lowest BCUT2D eigenvalue weighted by Crippen LogP contribution is -2.01. The van der Waals surface area contributed by atoms with E-state index in [4.69, 9.17) is 5.53 Å². The van der Waals surface area contributed by atoms with Crippen molar-refractivity contribution in [3.8, 4) is 0 Å². The third kappa shape index (κ3) is 2.58. The highest BCUT2D eigenvalue weighted by Gasteiger charge is 2.07. The van der Waals surface area contributed by atoms with E-state index in [0.717, 1.165) is 4.88 Å². The summed E-state index contributed by atoms with van der Waals surface area (Å²) in [5.41, 5.74) is 9.73. The van der Waals surface area contributed by atoms with Crippen LogP contribution in [0.5, 0.6) is 0 Å². The van der Waals surface area contributed by atoms with E-state index in [1.165, 1.54) is 24.5 Å². The van der Waals surface area contributed by atoms with Gasteiger partial charge in [0, 0.05) is 16.0 Å². The van der Waals surface area contributed by atoms with E-state index in [1.54, 1.807) is 11.7 Å². The molecule has 0 radical (unpaired) electrons. The standard InChI is InChI=1S/C7H6N4O2S/c1-13-7(12)6(10-11-8)2-5-3-9-4-14-5/h2-4H,1H3. The molecular formula is C7H6N4O2S. The molecule has 7 heteroatoms. The Balaban J connectivity index is 2.99. The minimum Gasteiger partial charge on any atom is -0.466 e. The fraction of sp³-hybridized carbons (Fsp3) is 0.143. The Kier molecular flexibility index (Phi) is 3.66. The van der Waals surface area contributed by atoms with Gasteiger partial charge in [0.05, 0.1) is 12.6 Å². The fourth-order valence-electron chi connectivity index (χ4n) is 0.713. The second-order valence-electron chi connectivity index (χ2n) is 2.11. The summed E-state index contributed by atoms with van der Waals surface area (Å²) < 4.78 is 4.43. The maximum Gasteiger partial charge on any atom is 0.340 e. The Hall–Kier alpha value is -1.85. The molecule has 0 aliphatic rings. The lowest BCUT2D eigenvalue weighted by atomic mass is 10.4. The van der Waals surface area contributed by atoms with Crippen LogP contribution in [0.2, 0.25) is 0 Å². The van der Waals surface area contributed by atoms with Crippen LogP contribution in [0.1, 0.15) is 4.88 Å². The molecule has 0 saturated carbocycles. The normalized spacial score (nSPS) is 10.5. The maximum absolute atomic E-state index is 11.1. The summed E-state index contributed by atoms with van der Waals surface area (Å²) in [5, 5.41) is 3.22. The molecule has 0 aromatic carbocycles. The quantitative estimate of drug-likeness (QED) is 0.251. The van der Waals surface area contributed by atoms with E-state index >= 15 is 0 Å². The molecule has 0 fully saturated rings. The first-order valence-corrected chi connectivity index (χ1v) is 4.39. The zero-order valence-corrected chi connectivity index (χ0v) is 8.06. The van der Waals surface area contributed by atoms with Gasteiger partial charge in [0.2, 0.25) is 0 Å². The number of carbonyl (C=O) groups excluding carboxylic acids is 1. The molecule has 1 rings (SSSR count). The number of methoxy groups -OCH3 is 1. The van der Waals surface area contributed by atoms with Gasteiger partial charge < -0.3 is 4.74 Å². The monoisotopic (exact) mass is 210 g/mol. The average molecular weight is 210 g/mol. The number of esters is 1. The smallest absolute Gasteiger partial charge is 0.340 e. The molecule has 72 valence electrons. The number of hydrogen-bond acceptors (Lipinski definition) is 5. The van der Waals surface area contributed by atoms with E-state index in [-0.39, 0.29) is 5.70 Å². The predicted molar refractivity (Wildman–Crippen MR) is 51.3 cm³/mol. The lowest BCUT2D eigenvalue weighted by molar-refractivity contribution is -0.136. The molecule has 0 spiro atoms.